The van der Waals surface area contributed by atoms with Gasteiger partial charge in [0.1, 0.15) is 11.5 Å². The van der Waals surface area contributed by atoms with E-state index in [-0.39, 0.29) is 23.2 Å². The van der Waals surface area contributed by atoms with Crippen LogP contribution >= 0.6 is 0 Å². The number of sulfonamides is 1. The van der Waals surface area contributed by atoms with Crippen LogP contribution in [-0.2, 0) is 14.8 Å². The third-order valence-electron chi connectivity index (χ3n) is 5.54. The second kappa shape index (κ2) is 9.63. The van der Waals surface area contributed by atoms with E-state index in [1.165, 1.54) is 31.3 Å². The van der Waals surface area contributed by atoms with Gasteiger partial charge in [-0.1, -0.05) is 18.2 Å². The van der Waals surface area contributed by atoms with Gasteiger partial charge >= 0.3 is 0 Å². The smallest absolute Gasteiger partial charge is 0.243 e. The van der Waals surface area contributed by atoms with E-state index in [1.807, 2.05) is 4.90 Å². The summed E-state index contributed by atoms with van der Waals surface area (Å²) in [5, 5.41) is 0. The second-order valence-corrected chi connectivity index (χ2v) is 9.72. The Morgan fingerprint density at radius 3 is 2.27 bits per heavy atom. The second-order valence-electron chi connectivity index (χ2n) is 7.68. The van der Waals surface area contributed by atoms with Gasteiger partial charge in [-0.2, -0.15) is 4.31 Å². The first-order valence-electron chi connectivity index (χ1n) is 10.5. The summed E-state index contributed by atoms with van der Waals surface area (Å²) < 4.78 is 39.8. The Balaban J connectivity index is 1.40. The average molecular weight is 470 g/mol. The van der Waals surface area contributed by atoms with Crippen molar-refractivity contribution >= 4 is 21.7 Å². The molecular formula is C23H24FN5O3S. The molecule has 0 N–H and O–H groups in total. The summed E-state index contributed by atoms with van der Waals surface area (Å²) in [6, 6.07) is 14.1. The summed E-state index contributed by atoms with van der Waals surface area (Å²) >= 11 is 0. The Morgan fingerprint density at radius 1 is 0.970 bits per heavy atom. The van der Waals surface area contributed by atoms with Crippen molar-refractivity contribution in [3.63, 3.8) is 0 Å². The summed E-state index contributed by atoms with van der Waals surface area (Å²) in [7, 11) is -2.33. The normalized spacial score (nSPS) is 14.5. The molecule has 1 aliphatic rings. The third-order valence-corrected chi connectivity index (χ3v) is 7.36. The van der Waals surface area contributed by atoms with Gasteiger partial charge in [0.05, 0.1) is 11.4 Å². The van der Waals surface area contributed by atoms with Gasteiger partial charge in [-0.3, -0.25) is 9.78 Å². The summed E-state index contributed by atoms with van der Waals surface area (Å²) in [6.45, 7) is 1.67. The molecule has 3 aromatic rings. The van der Waals surface area contributed by atoms with Crippen LogP contribution in [0.15, 0.2) is 71.9 Å². The van der Waals surface area contributed by atoms with Gasteiger partial charge in [-0.25, -0.2) is 17.8 Å². The number of aromatic nitrogens is 2. The number of anilines is 1. The summed E-state index contributed by atoms with van der Waals surface area (Å²) in [6.07, 6.45) is 3.19. The fourth-order valence-corrected chi connectivity index (χ4v) is 4.83. The zero-order valence-electron chi connectivity index (χ0n) is 18.1. The first-order chi connectivity index (χ1) is 15.9. The van der Waals surface area contributed by atoms with Crippen LogP contribution in [0.1, 0.15) is 0 Å². The Hall–Kier alpha value is -3.37. The molecule has 10 heteroatoms. The maximum absolute atomic E-state index is 13.3. The van der Waals surface area contributed by atoms with E-state index in [4.69, 9.17) is 0 Å². The molecular weight excluding hydrogens is 445 g/mol. The number of hydrogen-bond donors (Lipinski definition) is 0. The molecule has 1 aromatic heterocycles. The van der Waals surface area contributed by atoms with E-state index in [2.05, 4.69) is 9.97 Å². The van der Waals surface area contributed by atoms with Crippen LogP contribution in [0, 0.1) is 5.82 Å². The third kappa shape index (κ3) is 5.01. The zero-order chi connectivity index (χ0) is 23.4. The van der Waals surface area contributed by atoms with Gasteiger partial charge in [-0.05, 0) is 36.4 Å². The van der Waals surface area contributed by atoms with Crippen LogP contribution in [0.4, 0.5) is 10.2 Å². The van der Waals surface area contributed by atoms with Crippen molar-refractivity contribution in [2.24, 2.45) is 0 Å². The molecule has 0 saturated carbocycles. The van der Waals surface area contributed by atoms with E-state index < -0.39 is 10.0 Å². The van der Waals surface area contributed by atoms with Crippen molar-refractivity contribution in [3.05, 3.63) is 72.8 Å². The molecule has 4 rings (SSSR count). The van der Waals surface area contributed by atoms with E-state index in [0.717, 1.165) is 9.87 Å². The Labute approximate surface area is 192 Å². The number of likely N-dealkylation sites (N-methyl/N-ethyl adjacent to an activating group) is 1. The monoisotopic (exact) mass is 469 g/mol. The van der Waals surface area contributed by atoms with Crippen LogP contribution < -0.4 is 4.90 Å². The highest BCUT2D eigenvalue weighted by atomic mass is 32.2. The van der Waals surface area contributed by atoms with Gasteiger partial charge in [0.2, 0.25) is 15.9 Å². The average Bonchev–Trinajstić information content (AvgIpc) is 2.85. The first-order valence-corrected chi connectivity index (χ1v) is 11.9. The summed E-state index contributed by atoms with van der Waals surface area (Å²) in [4.78, 5) is 25.5. The number of halogens is 1. The number of piperazine rings is 1. The Bertz CT molecular complexity index is 1210. The number of amides is 1. The molecule has 8 nitrogen and oxygen atoms in total. The van der Waals surface area contributed by atoms with Crippen LogP contribution in [0.25, 0.3) is 11.3 Å². The molecule has 0 radical (unpaired) electrons. The molecule has 0 spiro atoms. The van der Waals surface area contributed by atoms with Crippen molar-refractivity contribution < 1.29 is 17.6 Å². The molecule has 1 saturated heterocycles. The number of rotatable bonds is 6. The molecule has 0 atom stereocenters. The van der Waals surface area contributed by atoms with E-state index in [9.17, 15) is 17.6 Å². The summed E-state index contributed by atoms with van der Waals surface area (Å²) in [5.74, 6) is 0.0881. The lowest BCUT2D eigenvalue weighted by molar-refractivity contribution is -0.131. The van der Waals surface area contributed by atoms with Crippen molar-refractivity contribution in [3.8, 4) is 11.3 Å². The lowest BCUT2D eigenvalue weighted by Gasteiger charge is -2.36. The van der Waals surface area contributed by atoms with Crippen molar-refractivity contribution in [2.45, 2.75) is 4.90 Å². The lowest BCUT2D eigenvalue weighted by atomic mass is 10.1. The molecule has 172 valence electrons. The van der Waals surface area contributed by atoms with E-state index in [1.54, 1.807) is 47.6 Å². The highest BCUT2D eigenvalue weighted by Crippen LogP contribution is 2.27. The molecule has 0 bridgehead atoms. The van der Waals surface area contributed by atoms with Crippen LogP contribution in [0.2, 0.25) is 0 Å². The fraction of sp³-hybridized carbons (Fsp3) is 0.261. The van der Waals surface area contributed by atoms with Crippen molar-refractivity contribution in [1.29, 1.82) is 0 Å². The largest absolute Gasteiger partial charge is 0.351 e. The number of hydrogen-bond acceptors (Lipinski definition) is 6. The topological polar surface area (TPSA) is 86.7 Å². The molecule has 2 heterocycles. The molecule has 1 fully saturated rings. The molecule has 1 aliphatic heterocycles. The molecule has 1 amide bonds. The first kappa shape index (κ1) is 22.8. The van der Waals surface area contributed by atoms with Gasteiger partial charge in [0.25, 0.3) is 0 Å². The molecule has 2 aromatic carbocycles. The van der Waals surface area contributed by atoms with Gasteiger partial charge in [-0.15, -0.1) is 0 Å². The quantitative estimate of drug-likeness (QED) is 0.551. The predicted molar refractivity (Wildman–Crippen MR) is 122 cm³/mol. The number of carbonyl (C=O) groups excluding carboxylic acids is 1. The molecule has 0 unspecified atom stereocenters. The number of carbonyl (C=O) groups is 1. The standard InChI is InChI=1S/C23H24FN5O3S/c1-27(33(31,32)20-5-3-2-4-6-20)17-21(30)28-13-15-29(16-14-28)23-22(25-11-12-26-23)18-7-9-19(24)10-8-18/h2-12H,13-17H2,1H3. The minimum atomic E-state index is -3.74. The highest BCUT2D eigenvalue weighted by Gasteiger charge is 2.28. The van der Waals surface area contributed by atoms with Gasteiger partial charge in [0.15, 0.2) is 5.82 Å². The number of nitrogens with zero attached hydrogens (tertiary/aromatic N) is 5. The number of benzene rings is 2. The van der Waals surface area contributed by atoms with Crippen LogP contribution in [0.5, 0.6) is 0 Å². The highest BCUT2D eigenvalue weighted by molar-refractivity contribution is 7.89. The van der Waals surface area contributed by atoms with Gasteiger partial charge in [0, 0.05) is 51.2 Å². The fourth-order valence-electron chi connectivity index (χ4n) is 3.69. The van der Waals surface area contributed by atoms with Crippen molar-refractivity contribution in [2.75, 3.05) is 44.7 Å². The van der Waals surface area contributed by atoms with E-state index >= 15 is 0 Å². The maximum atomic E-state index is 13.3. The Morgan fingerprint density at radius 2 is 1.61 bits per heavy atom. The zero-order valence-corrected chi connectivity index (χ0v) is 18.9. The molecule has 0 aliphatic carbocycles. The predicted octanol–water partition coefficient (Wildman–Crippen LogP) is 2.25. The minimum Gasteiger partial charge on any atom is -0.351 e. The van der Waals surface area contributed by atoms with Crippen LogP contribution in [-0.4, -0.2) is 73.3 Å². The summed E-state index contributed by atoms with van der Waals surface area (Å²) in [5.41, 5.74) is 1.40. The minimum absolute atomic E-state index is 0.154. The van der Waals surface area contributed by atoms with Gasteiger partial charge < -0.3 is 9.80 Å². The SMILES string of the molecule is CN(CC(=O)N1CCN(c2nccnc2-c2ccc(F)cc2)CC1)S(=O)(=O)c1ccccc1. The van der Waals surface area contributed by atoms with Crippen LogP contribution in [0.3, 0.4) is 0 Å². The van der Waals surface area contributed by atoms with E-state index in [0.29, 0.717) is 37.7 Å². The molecule has 33 heavy (non-hydrogen) atoms. The van der Waals surface area contributed by atoms with Crippen molar-refractivity contribution in [1.82, 2.24) is 19.2 Å². The Kier molecular flexibility index (Phi) is 6.66. The maximum Gasteiger partial charge on any atom is 0.243 e. The lowest BCUT2D eigenvalue weighted by Crippen LogP contribution is -2.51.